The first kappa shape index (κ1) is 7.11. The molecule has 0 amide bonds. The zero-order valence-electron chi connectivity index (χ0n) is 6.97. The summed E-state index contributed by atoms with van der Waals surface area (Å²) in [7, 11) is 1.76. The molecular weight excluding hydrogens is 136 g/mol. The predicted octanol–water partition coefficient (Wildman–Crippen LogP) is 2.16. The number of rotatable bonds is 2. The summed E-state index contributed by atoms with van der Waals surface area (Å²) in [6.45, 7) is 4.88. The Morgan fingerprint density at radius 1 is 1.73 bits per heavy atom. The van der Waals surface area contributed by atoms with Gasteiger partial charge in [-0.3, -0.25) is 0 Å². The fourth-order valence-corrected chi connectivity index (χ4v) is 2.11. The zero-order chi connectivity index (χ0) is 7.84. The van der Waals surface area contributed by atoms with Crippen LogP contribution in [0.5, 0.6) is 0 Å². The van der Waals surface area contributed by atoms with Crippen molar-refractivity contribution in [2.45, 2.75) is 12.8 Å². The average Bonchev–Trinajstić information content (AvgIpc) is 2.04. The Morgan fingerprint density at radius 2 is 2.55 bits per heavy atom. The average molecular weight is 150 g/mol. The normalized spacial score (nSPS) is 34.6. The molecule has 0 aliphatic heterocycles. The van der Waals surface area contributed by atoms with Gasteiger partial charge < -0.3 is 4.74 Å². The highest BCUT2D eigenvalue weighted by Crippen LogP contribution is 2.49. The van der Waals surface area contributed by atoms with Gasteiger partial charge in [0.05, 0.1) is 6.61 Å². The standard InChI is InChI=1S/C10H14O/c1-7-8-3-4-9(6-11-2)10(7)5-8/h4,8,10H,1,3,5-6H2,2H3. The lowest BCUT2D eigenvalue weighted by Crippen LogP contribution is -2.33. The van der Waals surface area contributed by atoms with Crippen LogP contribution in [0.15, 0.2) is 23.8 Å². The third kappa shape index (κ3) is 0.951. The van der Waals surface area contributed by atoms with Crippen molar-refractivity contribution in [2.75, 3.05) is 13.7 Å². The van der Waals surface area contributed by atoms with Crippen molar-refractivity contribution in [3.63, 3.8) is 0 Å². The Bertz CT molecular complexity index is 215. The van der Waals surface area contributed by atoms with Gasteiger partial charge in [0.25, 0.3) is 0 Å². The van der Waals surface area contributed by atoms with E-state index in [1.807, 2.05) is 0 Å². The number of allylic oxidation sites excluding steroid dienone is 2. The van der Waals surface area contributed by atoms with Gasteiger partial charge in [-0.15, -0.1) is 0 Å². The topological polar surface area (TPSA) is 9.23 Å². The predicted molar refractivity (Wildman–Crippen MR) is 45.3 cm³/mol. The van der Waals surface area contributed by atoms with Crippen molar-refractivity contribution in [1.82, 2.24) is 0 Å². The van der Waals surface area contributed by atoms with E-state index in [1.54, 1.807) is 7.11 Å². The molecule has 1 nitrogen and oxygen atoms in total. The Kier molecular flexibility index (Phi) is 1.61. The van der Waals surface area contributed by atoms with Crippen LogP contribution in [0.3, 0.4) is 0 Å². The molecule has 0 heterocycles. The van der Waals surface area contributed by atoms with Crippen LogP contribution in [-0.4, -0.2) is 13.7 Å². The third-order valence-corrected chi connectivity index (χ3v) is 2.92. The SMILES string of the molecule is C=C1C2CC=C(COC)C1C2. The second kappa shape index (κ2) is 2.49. The summed E-state index contributed by atoms with van der Waals surface area (Å²) in [4.78, 5) is 0. The molecule has 2 unspecified atom stereocenters. The minimum Gasteiger partial charge on any atom is -0.380 e. The van der Waals surface area contributed by atoms with E-state index in [0.29, 0.717) is 5.92 Å². The molecule has 3 rings (SSSR count). The van der Waals surface area contributed by atoms with Crippen LogP contribution in [0.2, 0.25) is 0 Å². The van der Waals surface area contributed by atoms with Crippen LogP contribution in [0.25, 0.3) is 0 Å². The van der Waals surface area contributed by atoms with E-state index in [-0.39, 0.29) is 0 Å². The summed E-state index contributed by atoms with van der Waals surface area (Å²) < 4.78 is 5.12. The molecule has 1 saturated carbocycles. The Hall–Kier alpha value is -0.560. The van der Waals surface area contributed by atoms with Crippen LogP contribution >= 0.6 is 0 Å². The van der Waals surface area contributed by atoms with E-state index >= 15 is 0 Å². The number of ether oxygens (including phenoxy) is 1. The highest BCUT2D eigenvalue weighted by atomic mass is 16.5. The maximum atomic E-state index is 5.12. The van der Waals surface area contributed by atoms with Gasteiger partial charge in [-0.2, -0.15) is 0 Å². The van der Waals surface area contributed by atoms with Gasteiger partial charge in [-0.1, -0.05) is 18.2 Å². The second-order valence-corrected chi connectivity index (χ2v) is 3.51. The lowest BCUT2D eigenvalue weighted by Gasteiger charge is -2.43. The van der Waals surface area contributed by atoms with Crippen molar-refractivity contribution >= 4 is 0 Å². The Morgan fingerprint density at radius 3 is 3.09 bits per heavy atom. The van der Waals surface area contributed by atoms with E-state index in [1.165, 1.54) is 24.0 Å². The van der Waals surface area contributed by atoms with Gasteiger partial charge in [-0.25, -0.2) is 0 Å². The van der Waals surface area contributed by atoms with Crippen LogP contribution in [0.1, 0.15) is 12.8 Å². The third-order valence-electron chi connectivity index (χ3n) is 2.92. The molecule has 0 aromatic heterocycles. The Labute approximate surface area is 67.7 Å². The molecule has 0 aromatic carbocycles. The largest absolute Gasteiger partial charge is 0.380 e. The molecule has 0 N–H and O–H groups in total. The van der Waals surface area contributed by atoms with E-state index < -0.39 is 0 Å². The van der Waals surface area contributed by atoms with Crippen molar-refractivity contribution in [1.29, 1.82) is 0 Å². The van der Waals surface area contributed by atoms with Crippen molar-refractivity contribution < 1.29 is 4.74 Å². The van der Waals surface area contributed by atoms with Crippen LogP contribution in [-0.2, 0) is 4.74 Å². The highest BCUT2D eigenvalue weighted by Gasteiger charge is 2.38. The van der Waals surface area contributed by atoms with Gasteiger partial charge in [-0.05, 0) is 24.3 Å². The summed E-state index contributed by atoms with van der Waals surface area (Å²) in [5.41, 5.74) is 2.90. The fourth-order valence-electron chi connectivity index (χ4n) is 2.11. The van der Waals surface area contributed by atoms with E-state index in [0.717, 1.165) is 12.5 Å². The van der Waals surface area contributed by atoms with Crippen LogP contribution in [0, 0.1) is 11.8 Å². The van der Waals surface area contributed by atoms with Crippen molar-refractivity contribution in [3.05, 3.63) is 23.8 Å². The second-order valence-electron chi connectivity index (χ2n) is 3.51. The molecule has 1 fully saturated rings. The molecule has 3 aliphatic rings. The smallest absolute Gasteiger partial charge is 0.0678 e. The van der Waals surface area contributed by atoms with E-state index in [9.17, 15) is 0 Å². The Balaban J connectivity index is 2.10. The van der Waals surface area contributed by atoms with Gasteiger partial charge in [0.2, 0.25) is 0 Å². The quantitative estimate of drug-likeness (QED) is 0.548. The maximum absolute atomic E-state index is 5.12. The fraction of sp³-hybridized carbons (Fsp3) is 0.600. The number of fused-ring (bicyclic) bond motifs is 1. The molecule has 0 aromatic rings. The number of methoxy groups -OCH3 is 1. The summed E-state index contributed by atoms with van der Waals surface area (Å²) in [5.74, 6) is 1.48. The number of hydrogen-bond donors (Lipinski definition) is 0. The van der Waals surface area contributed by atoms with Crippen LogP contribution in [0.4, 0.5) is 0 Å². The highest BCUT2D eigenvalue weighted by molar-refractivity contribution is 5.34. The van der Waals surface area contributed by atoms with Gasteiger partial charge in [0.1, 0.15) is 0 Å². The molecule has 0 radical (unpaired) electrons. The van der Waals surface area contributed by atoms with Gasteiger partial charge >= 0.3 is 0 Å². The minimum absolute atomic E-state index is 0.675. The first-order chi connectivity index (χ1) is 5.33. The maximum Gasteiger partial charge on any atom is 0.0678 e. The van der Waals surface area contributed by atoms with Crippen LogP contribution < -0.4 is 0 Å². The van der Waals surface area contributed by atoms with Crippen molar-refractivity contribution in [3.8, 4) is 0 Å². The lowest BCUT2D eigenvalue weighted by atomic mass is 9.62. The molecule has 2 bridgehead atoms. The number of hydrogen-bond acceptors (Lipinski definition) is 1. The minimum atomic E-state index is 0.675. The van der Waals surface area contributed by atoms with Gasteiger partial charge in [0.15, 0.2) is 0 Å². The molecule has 1 heteroatoms. The summed E-state index contributed by atoms with van der Waals surface area (Å²) in [5, 5.41) is 0. The van der Waals surface area contributed by atoms with Gasteiger partial charge in [0, 0.05) is 13.0 Å². The molecule has 0 spiro atoms. The summed E-state index contributed by atoms with van der Waals surface area (Å²) >= 11 is 0. The molecule has 2 atom stereocenters. The zero-order valence-corrected chi connectivity index (χ0v) is 6.97. The lowest BCUT2D eigenvalue weighted by molar-refractivity contribution is 0.198. The van der Waals surface area contributed by atoms with E-state index in [2.05, 4.69) is 12.7 Å². The first-order valence-electron chi connectivity index (χ1n) is 4.19. The first-order valence-corrected chi connectivity index (χ1v) is 4.19. The monoisotopic (exact) mass is 150 g/mol. The summed E-state index contributed by atoms with van der Waals surface area (Å²) in [6, 6.07) is 0. The molecule has 60 valence electrons. The molecule has 0 saturated heterocycles. The van der Waals surface area contributed by atoms with E-state index in [4.69, 9.17) is 4.74 Å². The molecule has 3 aliphatic carbocycles. The summed E-state index contributed by atoms with van der Waals surface area (Å²) in [6.07, 6.45) is 4.86. The molecule has 11 heavy (non-hydrogen) atoms. The van der Waals surface area contributed by atoms with Crippen molar-refractivity contribution in [2.24, 2.45) is 11.8 Å². The molecular formula is C10H14O.